The summed E-state index contributed by atoms with van der Waals surface area (Å²) in [7, 11) is 3.17. The molecule has 4 rings (SSSR count). The highest BCUT2D eigenvalue weighted by molar-refractivity contribution is 6.17. The van der Waals surface area contributed by atoms with Crippen LogP contribution in [0.25, 0.3) is 0 Å². The molecule has 1 aromatic heterocycles. The number of amides is 1. The Morgan fingerprint density at radius 1 is 1.03 bits per heavy atom. The van der Waals surface area contributed by atoms with Gasteiger partial charge in [0.05, 0.1) is 26.0 Å². The van der Waals surface area contributed by atoms with E-state index in [-0.39, 0.29) is 11.7 Å². The van der Waals surface area contributed by atoms with E-state index in [1.165, 1.54) is 6.26 Å². The minimum atomic E-state index is -0.878. The number of amidine groups is 1. The minimum absolute atomic E-state index is 0.160. The van der Waals surface area contributed by atoms with Crippen molar-refractivity contribution in [1.82, 2.24) is 0 Å². The minimum Gasteiger partial charge on any atom is -0.497 e. The molecule has 29 heavy (non-hydrogen) atoms. The maximum absolute atomic E-state index is 13.1. The monoisotopic (exact) mass is 392 g/mol. The fourth-order valence-corrected chi connectivity index (χ4v) is 3.14. The van der Waals surface area contributed by atoms with Crippen LogP contribution in [0, 0.1) is 5.41 Å². The molecule has 0 spiro atoms. The molecule has 1 atom stereocenters. The van der Waals surface area contributed by atoms with Crippen LogP contribution in [0.5, 0.6) is 11.5 Å². The molecule has 1 aliphatic rings. The topological polar surface area (TPSA) is 99.8 Å². The van der Waals surface area contributed by atoms with E-state index in [0.29, 0.717) is 34.3 Å². The number of benzene rings is 2. The number of hydrogen-bond donors (Lipinski definition) is 3. The van der Waals surface area contributed by atoms with Crippen LogP contribution in [0.1, 0.15) is 5.56 Å². The highest BCUT2D eigenvalue weighted by Gasteiger charge is 2.37. The molecule has 0 saturated heterocycles. The first-order chi connectivity index (χ1) is 14.1. The fourth-order valence-electron chi connectivity index (χ4n) is 3.14. The standard InChI is InChI=1S/C21H20N4O4/c1-27-15-7-3-13(4-8-15)23-20(26)19-24-21-17(11-12-29-21)18(22)25(19)14-5-9-16(28-2)10-6-14/h3-12,19,22,24H,1-2H3,(H,23,26). The Balaban J connectivity index is 1.65. The number of carbonyl (C=O) groups is 1. The van der Waals surface area contributed by atoms with Gasteiger partial charge in [-0.15, -0.1) is 0 Å². The number of hydrogen-bond acceptors (Lipinski definition) is 6. The van der Waals surface area contributed by atoms with Gasteiger partial charge in [0.25, 0.3) is 5.91 Å². The van der Waals surface area contributed by atoms with Gasteiger partial charge in [0.2, 0.25) is 5.88 Å². The first-order valence-electron chi connectivity index (χ1n) is 8.92. The molecule has 0 radical (unpaired) electrons. The Bertz CT molecular complexity index is 1030. The predicted octanol–water partition coefficient (Wildman–Crippen LogP) is 3.52. The quantitative estimate of drug-likeness (QED) is 0.614. The van der Waals surface area contributed by atoms with Gasteiger partial charge in [0.15, 0.2) is 6.17 Å². The number of anilines is 3. The van der Waals surface area contributed by atoms with Gasteiger partial charge in [-0.25, -0.2) is 0 Å². The van der Waals surface area contributed by atoms with Crippen molar-refractivity contribution < 1.29 is 18.7 Å². The molecule has 1 aliphatic heterocycles. The Labute approximate surface area is 167 Å². The van der Waals surface area contributed by atoms with E-state index in [0.717, 1.165) is 0 Å². The average Bonchev–Trinajstić information content (AvgIpc) is 3.23. The molecule has 1 amide bonds. The van der Waals surface area contributed by atoms with Crippen molar-refractivity contribution in [1.29, 1.82) is 5.41 Å². The first-order valence-corrected chi connectivity index (χ1v) is 8.92. The summed E-state index contributed by atoms with van der Waals surface area (Å²) in [5.74, 6) is 1.59. The smallest absolute Gasteiger partial charge is 0.268 e. The van der Waals surface area contributed by atoms with E-state index in [2.05, 4.69) is 10.6 Å². The maximum Gasteiger partial charge on any atom is 0.268 e. The number of nitrogens with zero attached hydrogens (tertiary/aromatic N) is 1. The molecule has 148 valence electrons. The summed E-state index contributed by atoms with van der Waals surface area (Å²) in [6.45, 7) is 0. The van der Waals surface area contributed by atoms with Crippen LogP contribution in [-0.2, 0) is 4.79 Å². The normalized spacial score (nSPS) is 15.3. The predicted molar refractivity (Wildman–Crippen MR) is 110 cm³/mol. The zero-order chi connectivity index (χ0) is 20.4. The second kappa shape index (κ2) is 7.59. The van der Waals surface area contributed by atoms with Crippen LogP contribution in [0.15, 0.2) is 65.3 Å². The van der Waals surface area contributed by atoms with Gasteiger partial charge >= 0.3 is 0 Å². The summed E-state index contributed by atoms with van der Waals surface area (Å²) in [4.78, 5) is 14.7. The first kappa shape index (κ1) is 18.4. The summed E-state index contributed by atoms with van der Waals surface area (Å²) in [5.41, 5.74) is 1.86. The largest absolute Gasteiger partial charge is 0.497 e. The molecule has 0 bridgehead atoms. The number of fused-ring (bicyclic) bond motifs is 1. The summed E-state index contributed by atoms with van der Waals surface area (Å²) in [5, 5.41) is 14.6. The molecule has 2 aromatic carbocycles. The van der Waals surface area contributed by atoms with Crippen LogP contribution in [0.4, 0.5) is 17.3 Å². The number of carbonyl (C=O) groups excluding carboxylic acids is 1. The van der Waals surface area contributed by atoms with Crippen molar-refractivity contribution in [3.05, 3.63) is 66.4 Å². The van der Waals surface area contributed by atoms with Gasteiger partial charge in [0, 0.05) is 11.4 Å². The lowest BCUT2D eigenvalue weighted by atomic mass is 10.1. The Hall–Kier alpha value is -3.94. The van der Waals surface area contributed by atoms with Gasteiger partial charge in [-0.3, -0.25) is 15.1 Å². The highest BCUT2D eigenvalue weighted by Crippen LogP contribution is 2.31. The third-order valence-corrected chi connectivity index (χ3v) is 4.64. The summed E-state index contributed by atoms with van der Waals surface area (Å²) < 4.78 is 15.8. The molecule has 0 saturated carbocycles. The van der Waals surface area contributed by atoms with Crippen molar-refractivity contribution in [3.63, 3.8) is 0 Å². The van der Waals surface area contributed by atoms with E-state index in [1.807, 2.05) is 0 Å². The molecule has 1 unspecified atom stereocenters. The molecule has 0 fully saturated rings. The SMILES string of the molecule is COc1ccc(NC(=O)C2Nc3occc3C(=N)N2c2ccc(OC)cc2)cc1. The van der Waals surface area contributed by atoms with Crippen LogP contribution in [0.3, 0.4) is 0 Å². The van der Waals surface area contributed by atoms with Crippen LogP contribution < -0.4 is 25.0 Å². The van der Waals surface area contributed by atoms with E-state index in [1.54, 1.807) is 73.7 Å². The summed E-state index contributed by atoms with van der Waals surface area (Å²) in [6, 6.07) is 15.9. The molecule has 2 heterocycles. The molecule has 8 heteroatoms. The second-order valence-electron chi connectivity index (χ2n) is 6.34. The third kappa shape index (κ3) is 3.47. The number of methoxy groups -OCH3 is 2. The molecular weight excluding hydrogens is 372 g/mol. The summed E-state index contributed by atoms with van der Waals surface area (Å²) in [6.07, 6.45) is 0.610. The lowest BCUT2D eigenvalue weighted by Crippen LogP contribution is -2.55. The van der Waals surface area contributed by atoms with E-state index >= 15 is 0 Å². The molecule has 3 N–H and O–H groups in total. The second-order valence-corrected chi connectivity index (χ2v) is 6.34. The van der Waals surface area contributed by atoms with Crippen LogP contribution in [-0.4, -0.2) is 32.1 Å². The Morgan fingerprint density at radius 3 is 2.28 bits per heavy atom. The molecule has 3 aromatic rings. The van der Waals surface area contributed by atoms with Crippen molar-refractivity contribution >= 4 is 29.0 Å². The number of furan rings is 1. The van der Waals surface area contributed by atoms with Gasteiger partial charge in [0.1, 0.15) is 17.3 Å². The number of rotatable bonds is 5. The van der Waals surface area contributed by atoms with Crippen LogP contribution in [0.2, 0.25) is 0 Å². The maximum atomic E-state index is 13.1. The highest BCUT2D eigenvalue weighted by atomic mass is 16.5. The number of nitrogens with one attached hydrogen (secondary N) is 3. The van der Waals surface area contributed by atoms with Crippen molar-refractivity contribution in [2.24, 2.45) is 0 Å². The zero-order valence-corrected chi connectivity index (χ0v) is 15.9. The molecular formula is C21H20N4O4. The van der Waals surface area contributed by atoms with Crippen LogP contribution >= 0.6 is 0 Å². The Kier molecular flexibility index (Phi) is 4.82. The van der Waals surface area contributed by atoms with E-state index in [4.69, 9.17) is 19.3 Å². The molecule has 0 aliphatic carbocycles. The summed E-state index contributed by atoms with van der Waals surface area (Å²) >= 11 is 0. The van der Waals surface area contributed by atoms with Gasteiger partial charge in [-0.05, 0) is 54.6 Å². The number of ether oxygens (including phenoxy) is 2. The van der Waals surface area contributed by atoms with Crippen molar-refractivity contribution in [3.8, 4) is 11.5 Å². The van der Waals surface area contributed by atoms with Crippen molar-refractivity contribution in [2.75, 3.05) is 29.8 Å². The zero-order valence-electron chi connectivity index (χ0n) is 15.9. The third-order valence-electron chi connectivity index (χ3n) is 4.64. The molecule has 8 nitrogen and oxygen atoms in total. The average molecular weight is 392 g/mol. The van der Waals surface area contributed by atoms with Gasteiger partial charge in [-0.1, -0.05) is 0 Å². The fraction of sp³-hybridized carbons (Fsp3) is 0.143. The van der Waals surface area contributed by atoms with Gasteiger partial charge < -0.3 is 24.5 Å². The Morgan fingerprint density at radius 2 is 1.66 bits per heavy atom. The van der Waals surface area contributed by atoms with E-state index in [9.17, 15) is 4.79 Å². The lowest BCUT2D eigenvalue weighted by molar-refractivity contribution is -0.116. The lowest BCUT2D eigenvalue weighted by Gasteiger charge is -2.36. The van der Waals surface area contributed by atoms with Gasteiger partial charge in [-0.2, -0.15) is 0 Å². The van der Waals surface area contributed by atoms with E-state index < -0.39 is 6.17 Å². The van der Waals surface area contributed by atoms with Crippen molar-refractivity contribution in [2.45, 2.75) is 6.17 Å².